The fraction of sp³-hybridized carbons (Fsp3) is 0.364. The number of halogens is 6. The summed E-state index contributed by atoms with van der Waals surface area (Å²) >= 11 is 0. The van der Waals surface area contributed by atoms with Crippen molar-refractivity contribution < 1.29 is 44.2 Å². The lowest BCUT2D eigenvalue weighted by atomic mass is 9.89. The van der Waals surface area contributed by atoms with E-state index in [1.54, 1.807) is 13.0 Å². The van der Waals surface area contributed by atoms with Crippen molar-refractivity contribution >= 4 is 10.0 Å². The molecule has 37 heavy (non-hydrogen) atoms. The molecule has 3 aromatic rings. The molecule has 2 aromatic heterocycles. The molecule has 1 aliphatic heterocycles. The van der Waals surface area contributed by atoms with Gasteiger partial charge < -0.3 is 9.47 Å². The highest BCUT2D eigenvalue weighted by atomic mass is 32.2. The van der Waals surface area contributed by atoms with Gasteiger partial charge in [-0.1, -0.05) is 0 Å². The molecule has 0 unspecified atom stereocenters. The van der Waals surface area contributed by atoms with Crippen LogP contribution < -0.4 is 9.46 Å². The second-order valence-electron chi connectivity index (χ2n) is 8.32. The summed E-state index contributed by atoms with van der Waals surface area (Å²) in [4.78, 5) is 4.11. The molecule has 0 spiro atoms. The monoisotopic (exact) mass is 550 g/mol. The van der Waals surface area contributed by atoms with Gasteiger partial charge in [0.2, 0.25) is 15.9 Å². The highest BCUT2D eigenvalue weighted by molar-refractivity contribution is 7.89. The number of nitrogens with zero attached hydrogens (tertiary/aromatic N) is 3. The van der Waals surface area contributed by atoms with Gasteiger partial charge in [0.05, 0.1) is 24.5 Å². The third kappa shape index (κ3) is 6.22. The van der Waals surface area contributed by atoms with Crippen LogP contribution in [0.4, 0.5) is 26.3 Å². The van der Waals surface area contributed by atoms with Crippen LogP contribution in [-0.4, -0.2) is 48.3 Å². The third-order valence-electron chi connectivity index (χ3n) is 5.45. The van der Waals surface area contributed by atoms with Crippen LogP contribution in [0.1, 0.15) is 18.1 Å². The number of pyridine rings is 1. The van der Waals surface area contributed by atoms with Crippen molar-refractivity contribution in [3.63, 3.8) is 0 Å². The Morgan fingerprint density at radius 2 is 1.76 bits per heavy atom. The fourth-order valence-corrected chi connectivity index (χ4v) is 5.06. The molecule has 1 N–H and O–H groups in total. The van der Waals surface area contributed by atoms with E-state index in [9.17, 15) is 34.8 Å². The van der Waals surface area contributed by atoms with Crippen LogP contribution in [0.2, 0.25) is 0 Å². The Labute approximate surface area is 207 Å². The van der Waals surface area contributed by atoms with Gasteiger partial charge in [-0.15, -0.1) is 5.10 Å². The number of nitrogens with one attached hydrogen (secondary N) is 1. The normalized spacial score (nSPS) is 15.9. The maximum atomic E-state index is 12.8. The number of aromatic nitrogens is 3. The minimum atomic E-state index is -4.92. The van der Waals surface area contributed by atoms with Gasteiger partial charge in [0, 0.05) is 30.6 Å². The Hall–Kier alpha value is -3.17. The first-order valence-corrected chi connectivity index (χ1v) is 12.4. The predicted octanol–water partition coefficient (Wildman–Crippen LogP) is 4.48. The van der Waals surface area contributed by atoms with Crippen LogP contribution >= 0.6 is 0 Å². The third-order valence-corrected chi connectivity index (χ3v) is 6.86. The molecule has 3 heterocycles. The maximum absolute atomic E-state index is 12.8. The molecule has 0 bridgehead atoms. The smallest absolute Gasteiger partial charge is 0.416 e. The van der Waals surface area contributed by atoms with E-state index in [-0.39, 0.29) is 30.4 Å². The van der Waals surface area contributed by atoms with Crippen molar-refractivity contribution in [3.8, 4) is 22.9 Å². The fourth-order valence-electron chi connectivity index (χ4n) is 3.73. The van der Waals surface area contributed by atoms with E-state index in [0.29, 0.717) is 17.8 Å². The van der Waals surface area contributed by atoms with Gasteiger partial charge in [0.15, 0.2) is 5.75 Å². The zero-order chi connectivity index (χ0) is 27.1. The van der Waals surface area contributed by atoms with Gasteiger partial charge in [-0.2, -0.15) is 31.1 Å². The molecular formula is C22H20F6N4O4S. The van der Waals surface area contributed by atoms with Crippen LogP contribution in [0.25, 0.3) is 11.3 Å². The number of aryl methyl sites for hydroxylation is 1. The highest BCUT2D eigenvalue weighted by Crippen LogP contribution is 2.35. The van der Waals surface area contributed by atoms with E-state index < -0.39 is 39.2 Å². The number of benzene rings is 1. The van der Waals surface area contributed by atoms with Crippen molar-refractivity contribution in [2.24, 2.45) is 0 Å². The lowest BCUT2D eigenvalue weighted by molar-refractivity contribution is -0.137. The summed E-state index contributed by atoms with van der Waals surface area (Å²) in [6.07, 6.45) is -6.63. The average Bonchev–Trinajstić information content (AvgIpc) is 3.17. The van der Waals surface area contributed by atoms with Crippen molar-refractivity contribution in [2.45, 2.75) is 31.4 Å². The predicted molar refractivity (Wildman–Crippen MR) is 118 cm³/mol. The SMILES string of the molecule is CCn1nc(Oc2ccc(C(F)(F)F)cc2)cc1-c1cncc(C2(NS(=O)(=O)CC(F)(F)F)COC2)c1. The van der Waals surface area contributed by atoms with Crippen LogP contribution in [0.15, 0.2) is 48.8 Å². The van der Waals surface area contributed by atoms with Crippen LogP contribution in [0.5, 0.6) is 11.6 Å². The average molecular weight is 550 g/mol. The summed E-state index contributed by atoms with van der Waals surface area (Å²) < 4.78 is 115. The van der Waals surface area contributed by atoms with Crippen molar-refractivity contribution in [3.05, 3.63) is 59.9 Å². The Kier molecular flexibility index (Phi) is 6.98. The standard InChI is InChI=1S/C22H20F6N4O4S/c1-2-32-18(8-19(30-32)36-17-5-3-15(4-6-17)22(26,27)28)14-7-16(10-29-9-14)20(11-35-12-20)31-37(33,34)13-21(23,24)25/h3-10,31H,2,11-13H2,1H3. The first-order chi connectivity index (χ1) is 17.2. The first-order valence-electron chi connectivity index (χ1n) is 10.7. The molecule has 1 fully saturated rings. The van der Waals surface area contributed by atoms with E-state index in [1.807, 2.05) is 0 Å². The van der Waals surface area contributed by atoms with Crippen LogP contribution in [-0.2, 0) is 33.0 Å². The summed E-state index contributed by atoms with van der Waals surface area (Å²) in [6.45, 7) is 1.76. The van der Waals surface area contributed by atoms with E-state index in [2.05, 4.69) is 14.8 Å². The Bertz CT molecular complexity index is 1370. The number of rotatable bonds is 8. The molecular weight excluding hydrogens is 530 g/mol. The van der Waals surface area contributed by atoms with Gasteiger partial charge in [-0.25, -0.2) is 8.42 Å². The number of hydrogen-bond acceptors (Lipinski definition) is 6. The molecule has 1 saturated heterocycles. The number of hydrogen-bond donors (Lipinski definition) is 1. The largest absolute Gasteiger partial charge is 0.438 e. The van der Waals surface area contributed by atoms with Crippen LogP contribution in [0.3, 0.4) is 0 Å². The van der Waals surface area contributed by atoms with Gasteiger partial charge in [-0.3, -0.25) is 9.67 Å². The maximum Gasteiger partial charge on any atom is 0.416 e. The minimum absolute atomic E-state index is 0.0783. The van der Waals surface area contributed by atoms with Gasteiger partial charge >= 0.3 is 12.4 Å². The lowest BCUT2D eigenvalue weighted by Crippen LogP contribution is -2.60. The molecule has 1 aromatic carbocycles. The summed E-state index contributed by atoms with van der Waals surface area (Å²) in [7, 11) is -4.73. The van der Waals surface area contributed by atoms with E-state index >= 15 is 0 Å². The van der Waals surface area contributed by atoms with E-state index in [1.165, 1.54) is 23.1 Å². The van der Waals surface area contributed by atoms with Gasteiger partial charge in [0.25, 0.3) is 0 Å². The molecule has 8 nitrogen and oxygen atoms in total. The number of sulfonamides is 1. The Morgan fingerprint density at radius 1 is 1.08 bits per heavy atom. The summed E-state index contributed by atoms with van der Waals surface area (Å²) in [5.41, 5.74) is -1.04. The molecule has 4 rings (SSSR count). The van der Waals surface area contributed by atoms with Crippen molar-refractivity contribution in [1.82, 2.24) is 19.5 Å². The topological polar surface area (TPSA) is 95.3 Å². The number of ether oxygens (including phenoxy) is 2. The van der Waals surface area contributed by atoms with Crippen LogP contribution in [0, 0.1) is 0 Å². The molecule has 0 amide bonds. The Balaban J connectivity index is 1.60. The minimum Gasteiger partial charge on any atom is -0.438 e. The zero-order valence-electron chi connectivity index (χ0n) is 19.1. The lowest BCUT2D eigenvalue weighted by Gasteiger charge is -2.42. The summed E-state index contributed by atoms with van der Waals surface area (Å²) in [6, 6.07) is 7.13. The molecule has 0 aliphatic carbocycles. The molecule has 0 atom stereocenters. The van der Waals surface area contributed by atoms with Crippen molar-refractivity contribution in [2.75, 3.05) is 19.0 Å². The first kappa shape index (κ1) is 26.9. The van der Waals surface area contributed by atoms with E-state index in [4.69, 9.17) is 9.47 Å². The van der Waals surface area contributed by atoms with Crippen molar-refractivity contribution in [1.29, 1.82) is 0 Å². The second-order valence-corrected chi connectivity index (χ2v) is 10.0. The van der Waals surface area contributed by atoms with Gasteiger partial charge in [0.1, 0.15) is 11.3 Å². The molecule has 1 aliphatic rings. The summed E-state index contributed by atoms with van der Waals surface area (Å²) in [5.74, 6) is -1.84. The highest BCUT2D eigenvalue weighted by Gasteiger charge is 2.47. The Morgan fingerprint density at radius 3 is 2.30 bits per heavy atom. The quantitative estimate of drug-likeness (QED) is 0.416. The molecule has 15 heteroatoms. The second kappa shape index (κ2) is 9.61. The molecule has 0 radical (unpaired) electrons. The summed E-state index contributed by atoms with van der Waals surface area (Å²) in [5, 5.41) is 4.28. The number of alkyl halides is 6. The molecule has 200 valence electrons. The zero-order valence-corrected chi connectivity index (χ0v) is 19.9. The molecule has 0 saturated carbocycles. The van der Waals surface area contributed by atoms with Gasteiger partial charge in [-0.05, 0) is 42.8 Å². The van der Waals surface area contributed by atoms with E-state index in [0.717, 1.165) is 24.3 Å².